The first-order valence-electron chi connectivity index (χ1n) is 10.6. The molecule has 31 heavy (non-hydrogen) atoms. The van der Waals surface area contributed by atoms with Gasteiger partial charge in [0.25, 0.3) is 0 Å². The predicted molar refractivity (Wildman–Crippen MR) is 129 cm³/mol. The number of phenolic OH excluding ortho intramolecular Hbond substituents is 1. The number of methoxy groups -OCH3 is 1. The van der Waals surface area contributed by atoms with Crippen molar-refractivity contribution < 1.29 is 14.6 Å². The molecule has 0 radical (unpaired) electrons. The van der Waals surface area contributed by atoms with Crippen LogP contribution in [-0.2, 0) is 5.41 Å². The van der Waals surface area contributed by atoms with E-state index in [2.05, 4.69) is 61.6 Å². The van der Waals surface area contributed by atoms with E-state index in [0.717, 1.165) is 23.8 Å². The summed E-state index contributed by atoms with van der Waals surface area (Å²) in [4.78, 5) is 0. The van der Waals surface area contributed by atoms with Crippen molar-refractivity contribution in [2.75, 3.05) is 13.7 Å². The maximum Gasteiger partial charge on any atom is 0.129 e. The number of benzene rings is 2. The quantitative estimate of drug-likeness (QED) is 0.340. The molecule has 2 N–H and O–H groups in total. The molecule has 0 unspecified atom stereocenters. The van der Waals surface area contributed by atoms with Crippen molar-refractivity contribution in [2.24, 2.45) is 0 Å². The highest BCUT2D eigenvalue weighted by Crippen LogP contribution is 2.46. The molecule has 3 rings (SSSR count). The first-order chi connectivity index (χ1) is 14.6. The molecule has 166 valence electrons. The van der Waals surface area contributed by atoms with Crippen molar-refractivity contribution in [3.63, 3.8) is 0 Å². The number of hydrogen-bond acceptors (Lipinski definition) is 5. The lowest BCUT2D eigenvalue weighted by Crippen LogP contribution is -2.22. The Morgan fingerprint density at radius 3 is 2.58 bits per heavy atom. The summed E-state index contributed by atoms with van der Waals surface area (Å²) in [6, 6.07) is 8.61. The van der Waals surface area contributed by atoms with E-state index in [9.17, 15) is 5.11 Å². The second-order valence-corrected chi connectivity index (χ2v) is 14.5. The number of rotatable bonds is 8. The van der Waals surface area contributed by atoms with Gasteiger partial charge in [0.05, 0.1) is 27.4 Å². The average Bonchev–Trinajstić information content (AvgIpc) is 3.19. The molecule has 7 heteroatoms. The molecule has 1 aromatic heterocycles. The number of fused-ring (bicyclic) bond motifs is 1. The minimum atomic E-state index is -1.36. The van der Waals surface area contributed by atoms with Crippen LogP contribution in [0.2, 0.25) is 19.1 Å². The largest absolute Gasteiger partial charge is 0.507 e. The monoisotopic (exact) mass is 439 g/mol. The second kappa shape index (κ2) is 8.75. The number of H-pyrrole nitrogens is 1. The van der Waals surface area contributed by atoms with Gasteiger partial charge in [-0.3, -0.25) is 0 Å². The molecule has 0 aliphatic rings. The van der Waals surface area contributed by atoms with E-state index >= 15 is 0 Å². The van der Waals surface area contributed by atoms with E-state index in [-0.39, 0.29) is 11.2 Å². The van der Waals surface area contributed by atoms with E-state index in [1.165, 1.54) is 0 Å². The molecule has 0 atom stereocenters. The summed E-state index contributed by atoms with van der Waals surface area (Å²) in [5, 5.41) is 22.4. The van der Waals surface area contributed by atoms with Gasteiger partial charge in [0.1, 0.15) is 28.3 Å². The summed E-state index contributed by atoms with van der Waals surface area (Å²) in [6.07, 6.45) is 0.967. The number of hydrogen-bond donors (Lipinski definition) is 2. The van der Waals surface area contributed by atoms with Gasteiger partial charge in [-0.2, -0.15) is 15.4 Å². The molecule has 0 aliphatic heterocycles. The lowest BCUT2D eigenvalue weighted by Gasteiger charge is -2.24. The minimum Gasteiger partial charge on any atom is -0.507 e. The third-order valence-electron chi connectivity index (χ3n) is 5.62. The van der Waals surface area contributed by atoms with Crippen LogP contribution < -0.4 is 9.47 Å². The van der Waals surface area contributed by atoms with Crippen molar-refractivity contribution in [1.29, 1.82) is 0 Å². The molecular weight excluding hydrogens is 406 g/mol. The molecule has 0 amide bonds. The molecule has 0 fully saturated rings. The van der Waals surface area contributed by atoms with Crippen LogP contribution >= 0.6 is 0 Å². The van der Waals surface area contributed by atoms with Gasteiger partial charge >= 0.3 is 0 Å². The summed E-state index contributed by atoms with van der Waals surface area (Å²) in [5.74, 6) is 1.54. The number of aromatic amines is 1. The summed E-state index contributed by atoms with van der Waals surface area (Å²) >= 11 is 0. The fourth-order valence-electron chi connectivity index (χ4n) is 3.60. The Hall–Kier alpha value is -2.80. The summed E-state index contributed by atoms with van der Waals surface area (Å²) in [5.41, 5.74) is 5.32. The molecule has 3 aromatic rings. The second-order valence-electron chi connectivity index (χ2n) is 9.60. The highest BCUT2D eigenvalue weighted by molar-refractivity contribution is 6.82. The number of phenols is 1. The van der Waals surface area contributed by atoms with Gasteiger partial charge in [0, 0.05) is 11.1 Å². The molecule has 1 heterocycles. The van der Waals surface area contributed by atoms with Gasteiger partial charge in [0.2, 0.25) is 0 Å². The van der Waals surface area contributed by atoms with E-state index < -0.39 is 8.07 Å². The lowest BCUT2D eigenvalue weighted by molar-refractivity contribution is 0.315. The van der Waals surface area contributed by atoms with Crippen LogP contribution in [0.1, 0.15) is 32.8 Å². The SMILES string of the molecule is C=C[Si](C)(C)CCCOc1cc(-c2c(OC)ccc3n[nH]nc23)c(O)c(C(C)(C)C)c1. The zero-order chi connectivity index (χ0) is 22.8. The fraction of sp³-hybridized carbons (Fsp3) is 0.417. The van der Waals surface area contributed by atoms with Gasteiger partial charge in [-0.1, -0.05) is 39.9 Å². The van der Waals surface area contributed by atoms with Crippen molar-refractivity contribution in [1.82, 2.24) is 15.4 Å². The third kappa shape index (κ3) is 4.93. The number of aromatic hydroxyl groups is 1. The number of nitrogens with zero attached hydrogens (tertiary/aromatic N) is 2. The Balaban J connectivity index is 2.06. The highest BCUT2D eigenvalue weighted by atomic mass is 28.3. The zero-order valence-corrected chi connectivity index (χ0v) is 20.4. The van der Waals surface area contributed by atoms with Crippen molar-refractivity contribution in [2.45, 2.75) is 51.7 Å². The minimum absolute atomic E-state index is 0.203. The Morgan fingerprint density at radius 2 is 1.94 bits per heavy atom. The van der Waals surface area contributed by atoms with Gasteiger partial charge in [-0.25, -0.2) is 0 Å². The zero-order valence-electron chi connectivity index (χ0n) is 19.4. The van der Waals surface area contributed by atoms with E-state index in [1.54, 1.807) is 7.11 Å². The standard InChI is InChI=1S/C24H33N3O3Si/c1-8-31(6,7)13-9-12-30-16-14-17(23(28)18(15-16)24(2,3)4)21-20(29-5)11-10-19-22(21)26-27-25-19/h8,10-11,14-15,28H,1,9,12-13H2,2-7H3,(H,25,26,27). The Bertz CT molecular complexity index is 1080. The molecule has 0 bridgehead atoms. The number of ether oxygens (including phenoxy) is 2. The van der Waals surface area contributed by atoms with E-state index in [4.69, 9.17) is 9.47 Å². The first-order valence-corrected chi connectivity index (χ1v) is 13.9. The van der Waals surface area contributed by atoms with Crippen molar-refractivity contribution >= 4 is 19.1 Å². The van der Waals surface area contributed by atoms with Gasteiger partial charge in [-0.15, -0.1) is 12.3 Å². The Kier molecular flexibility index (Phi) is 6.45. The molecular formula is C24H33N3O3Si. The highest BCUT2D eigenvalue weighted by Gasteiger charge is 2.26. The lowest BCUT2D eigenvalue weighted by atomic mass is 9.84. The smallest absolute Gasteiger partial charge is 0.129 e. The number of nitrogens with one attached hydrogen (secondary N) is 1. The summed E-state index contributed by atoms with van der Waals surface area (Å²) in [6.45, 7) is 15.4. The van der Waals surface area contributed by atoms with Gasteiger partial charge < -0.3 is 14.6 Å². The summed E-state index contributed by atoms with van der Waals surface area (Å²) in [7, 11) is 0.254. The van der Waals surface area contributed by atoms with Crippen molar-refractivity contribution in [3.8, 4) is 28.4 Å². The van der Waals surface area contributed by atoms with Crippen LogP contribution in [0.15, 0.2) is 36.5 Å². The average molecular weight is 440 g/mol. The maximum absolute atomic E-state index is 11.3. The maximum atomic E-state index is 11.3. The molecule has 0 saturated heterocycles. The first kappa shape index (κ1) is 22.9. The van der Waals surface area contributed by atoms with Crippen LogP contribution in [-0.4, -0.2) is 42.3 Å². The van der Waals surface area contributed by atoms with Crippen LogP contribution in [0.5, 0.6) is 17.2 Å². The van der Waals surface area contributed by atoms with Gasteiger partial charge in [0.15, 0.2) is 0 Å². The molecule has 0 saturated carbocycles. The Morgan fingerprint density at radius 1 is 1.19 bits per heavy atom. The van der Waals surface area contributed by atoms with E-state index in [1.807, 2.05) is 24.3 Å². The predicted octanol–water partition coefficient (Wildman–Crippen LogP) is 5.84. The van der Waals surface area contributed by atoms with Gasteiger partial charge in [-0.05, 0) is 36.1 Å². The summed E-state index contributed by atoms with van der Waals surface area (Å²) < 4.78 is 11.8. The van der Waals surface area contributed by atoms with Crippen LogP contribution in [0.4, 0.5) is 0 Å². The molecule has 0 spiro atoms. The fourth-order valence-corrected chi connectivity index (χ4v) is 4.86. The third-order valence-corrected chi connectivity index (χ3v) is 8.37. The topological polar surface area (TPSA) is 80.3 Å². The van der Waals surface area contributed by atoms with Crippen molar-refractivity contribution in [3.05, 3.63) is 42.1 Å². The number of aromatic nitrogens is 3. The Labute approximate surface area is 185 Å². The molecule has 2 aromatic carbocycles. The van der Waals surface area contributed by atoms with Crippen LogP contribution in [0, 0.1) is 0 Å². The normalized spacial score (nSPS) is 12.2. The molecule has 0 aliphatic carbocycles. The van der Waals surface area contributed by atoms with Crippen LogP contribution in [0.3, 0.4) is 0 Å². The van der Waals surface area contributed by atoms with E-state index in [0.29, 0.717) is 34.5 Å². The van der Waals surface area contributed by atoms with Crippen LogP contribution in [0.25, 0.3) is 22.2 Å². The molecule has 6 nitrogen and oxygen atoms in total.